The minimum atomic E-state index is 0.00418. The SMILES string of the molecule is Nc1cc(C2CCN(C(=O)/C=C/c3ccco3)CC2)no1. The molecule has 0 aliphatic carbocycles. The van der Waals surface area contributed by atoms with Crippen LogP contribution in [0.5, 0.6) is 0 Å². The molecule has 1 fully saturated rings. The lowest BCUT2D eigenvalue weighted by Crippen LogP contribution is -2.36. The van der Waals surface area contributed by atoms with E-state index in [9.17, 15) is 4.79 Å². The quantitative estimate of drug-likeness (QED) is 0.875. The fraction of sp³-hybridized carbons (Fsp3) is 0.333. The van der Waals surface area contributed by atoms with Gasteiger partial charge in [0.1, 0.15) is 5.76 Å². The molecule has 0 saturated carbocycles. The van der Waals surface area contributed by atoms with E-state index in [1.807, 2.05) is 11.0 Å². The minimum Gasteiger partial charge on any atom is -0.465 e. The Labute approximate surface area is 122 Å². The van der Waals surface area contributed by atoms with Crippen molar-refractivity contribution in [2.24, 2.45) is 0 Å². The van der Waals surface area contributed by atoms with Gasteiger partial charge in [-0.3, -0.25) is 4.79 Å². The summed E-state index contributed by atoms with van der Waals surface area (Å²) < 4.78 is 10.1. The molecule has 6 nitrogen and oxygen atoms in total. The number of carbonyl (C=O) groups is 1. The Morgan fingerprint density at radius 1 is 1.43 bits per heavy atom. The fourth-order valence-electron chi connectivity index (χ4n) is 2.54. The van der Waals surface area contributed by atoms with E-state index < -0.39 is 0 Å². The second-order valence-corrected chi connectivity index (χ2v) is 5.10. The number of nitrogens with zero attached hydrogens (tertiary/aromatic N) is 2. The van der Waals surface area contributed by atoms with Crippen LogP contribution in [0.25, 0.3) is 6.08 Å². The van der Waals surface area contributed by atoms with Gasteiger partial charge < -0.3 is 19.6 Å². The smallest absolute Gasteiger partial charge is 0.246 e. The van der Waals surface area contributed by atoms with Crippen molar-refractivity contribution < 1.29 is 13.7 Å². The Kier molecular flexibility index (Phi) is 3.77. The zero-order valence-corrected chi connectivity index (χ0v) is 11.6. The number of anilines is 1. The van der Waals surface area contributed by atoms with Crippen LogP contribution in [0.3, 0.4) is 0 Å². The largest absolute Gasteiger partial charge is 0.465 e. The van der Waals surface area contributed by atoms with E-state index >= 15 is 0 Å². The predicted octanol–water partition coefficient (Wildman–Crippen LogP) is 2.27. The van der Waals surface area contributed by atoms with Gasteiger partial charge >= 0.3 is 0 Å². The molecule has 0 atom stereocenters. The van der Waals surface area contributed by atoms with Gasteiger partial charge in [-0.25, -0.2) is 0 Å². The number of rotatable bonds is 3. The lowest BCUT2D eigenvalue weighted by molar-refractivity contribution is -0.127. The fourth-order valence-corrected chi connectivity index (χ4v) is 2.54. The highest BCUT2D eigenvalue weighted by atomic mass is 16.5. The van der Waals surface area contributed by atoms with Crippen molar-refractivity contribution in [3.8, 4) is 0 Å². The van der Waals surface area contributed by atoms with Crippen molar-refractivity contribution in [2.75, 3.05) is 18.8 Å². The van der Waals surface area contributed by atoms with Crippen LogP contribution in [0, 0.1) is 0 Å². The lowest BCUT2D eigenvalue weighted by Gasteiger charge is -2.30. The summed E-state index contributed by atoms with van der Waals surface area (Å²) >= 11 is 0. The molecule has 2 aromatic heterocycles. The second kappa shape index (κ2) is 5.87. The monoisotopic (exact) mass is 287 g/mol. The number of piperidine rings is 1. The number of nitrogen functional groups attached to an aromatic ring is 1. The molecule has 1 aliphatic heterocycles. The van der Waals surface area contributed by atoms with Crippen LogP contribution in [0.2, 0.25) is 0 Å². The summed E-state index contributed by atoms with van der Waals surface area (Å²) in [4.78, 5) is 13.9. The highest BCUT2D eigenvalue weighted by molar-refractivity contribution is 5.91. The van der Waals surface area contributed by atoms with Gasteiger partial charge in [0.05, 0.1) is 12.0 Å². The highest BCUT2D eigenvalue weighted by Crippen LogP contribution is 2.28. The van der Waals surface area contributed by atoms with Crippen LogP contribution in [0.15, 0.2) is 39.5 Å². The standard InChI is InChI=1S/C15H17N3O3/c16-14-10-13(17-21-14)11-5-7-18(8-6-11)15(19)4-3-12-2-1-9-20-12/h1-4,9-11H,5-8,16H2/b4-3+. The van der Waals surface area contributed by atoms with Gasteiger partial charge in [-0.2, -0.15) is 0 Å². The summed E-state index contributed by atoms with van der Waals surface area (Å²) in [5.74, 6) is 1.33. The van der Waals surface area contributed by atoms with E-state index in [2.05, 4.69) is 5.16 Å². The topological polar surface area (TPSA) is 85.5 Å². The van der Waals surface area contributed by atoms with Crippen molar-refractivity contribution in [3.63, 3.8) is 0 Å². The van der Waals surface area contributed by atoms with Crippen molar-refractivity contribution in [3.05, 3.63) is 42.0 Å². The van der Waals surface area contributed by atoms with E-state index in [4.69, 9.17) is 14.7 Å². The van der Waals surface area contributed by atoms with Crippen LogP contribution < -0.4 is 5.73 Å². The molecule has 1 saturated heterocycles. The number of carbonyl (C=O) groups excluding carboxylic acids is 1. The molecule has 2 N–H and O–H groups in total. The van der Waals surface area contributed by atoms with Crippen LogP contribution >= 0.6 is 0 Å². The number of amides is 1. The third-order valence-electron chi connectivity index (χ3n) is 3.70. The molecule has 110 valence electrons. The molecule has 21 heavy (non-hydrogen) atoms. The van der Waals surface area contributed by atoms with Crippen molar-refractivity contribution in [1.29, 1.82) is 0 Å². The first-order valence-corrected chi connectivity index (χ1v) is 6.95. The van der Waals surface area contributed by atoms with E-state index in [0.29, 0.717) is 30.7 Å². The Balaban J connectivity index is 1.54. The number of hydrogen-bond donors (Lipinski definition) is 1. The zero-order valence-electron chi connectivity index (χ0n) is 11.6. The highest BCUT2D eigenvalue weighted by Gasteiger charge is 2.24. The van der Waals surface area contributed by atoms with Crippen molar-refractivity contribution in [1.82, 2.24) is 10.1 Å². The Bertz CT molecular complexity index is 622. The molecule has 6 heteroatoms. The minimum absolute atomic E-state index is 0.00418. The van der Waals surface area contributed by atoms with Gasteiger partial charge in [-0.1, -0.05) is 5.16 Å². The molecule has 2 aromatic rings. The number of furan rings is 1. The second-order valence-electron chi connectivity index (χ2n) is 5.10. The first-order chi connectivity index (χ1) is 10.2. The van der Waals surface area contributed by atoms with E-state index in [0.717, 1.165) is 18.5 Å². The first-order valence-electron chi connectivity index (χ1n) is 6.95. The lowest BCUT2D eigenvalue weighted by atomic mass is 9.93. The Morgan fingerprint density at radius 2 is 2.24 bits per heavy atom. The number of aromatic nitrogens is 1. The summed E-state index contributed by atoms with van der Waals surface area (Å²) in [5.41, 5.74) is 6.42. The van der Waals surface area contributed by atoms with Crippen molar-refractivity contribution in [2.45, 2.75) is 18.8 Å². The summed E-state index contributed by atoms with van der Waals surface area (Å²) in [6.45, 7) is 1.41. The van der Waals surface area contributed by atoms with Gasteiger partial charge in [-0.05, 0) is 31.1 Å². The predicted molar refractivity (Wildman–Crippen MR) is 77.2 cm³/mol. The normalized spacial score (nSPS) is 16.7. The van der Waals surface area contributed by atoms with Crippen LogP contribution in [0.1, 0.15) is 30.2 Å². The summed E-state index contributed by atoms with van der Waals surface area (Å²) in [6.07, 6.45) is 6.55. The molecule has 0 bridgehead atoms. The molecule has 0 radical (unpaired) electrons. The number of hydrogen-bond acceptors (Lipinski definition) is 5. The average Bonchev–Trinajstić information content (AvgIpc) is 3.16. The number of likely N-dealkylation sites (tertiary alicyclic amines) is 1. The molecule has 0 unspecified atom stereocenters. The third-order valence-corrected chi connectivity index (χ3v) is 3.70. The van der Waals surface area contributed by atoms with E-state index in [1.54, 1.807) is 30.5 Å². The van der Waals surface area contributed by atoms with E-state index in [1.165, 1.54) is 0 Å². The van der Waals surface area contributed by atoms with Crippen LogP contribution in [0.4, 0.5) is 5.88 Å². The van der Waals surface area contributed by atoms with Gasteiger partial charge in [0.25, 0.3) is 0 Å². The molecule has 1 aliphatic rings. The summed E-state index contributed by atoms with van der Waals surface area (Å²) in [7, 11) is 0. The average molecular weight is 287 g/mol. The maximum Gasteiger partial charge on any atom is 0.246 e. The Hall–Kier alpha value is -2.50. The maximum absolute atomic E-state index is 12.1. The Morgan fingerprint density at radius 3 is 2.86 bits per heavy atom. The molecular weight excluding hydrogens is 270 g/mol. The van der Waals surface area contributed by atoms with Gasteiger partial charge in [-0.15, -0.1) is 0 Å². The van der Waals surface area contributed by atoms with Crippen LogP contribution in [-0.2, 0) is 4.79 Å². The maximum atomic E-state index is 12.1. The zero-order chi connectivity index (χ0) is 14.7. The molecule has 3 heterocycles. The van der Waals surface area contributed by atoms with Crippen molar-refractivity contribution >= 4 is 17.9 Å². The van der Waals surface area contributed by atoms with Crippen LogP contribution in [-0.4, -0.2) is 29.1 Å². The van der Waals surface area contributed by atoms with Gasteiger partial charge in [0.2, 0.25) is 11.8 Å². The molecule has 3 rings (SSSR count). The molecule has 0 spiro atoms. The summed E-state index contributed by atoms with van der Waals surface area (Å²) in [5, 5.41) is 3.95. The van der Waals surface area contributed by atoms with Gasteiger partial charge in [0, 0.05) is 31.1 Å². The van der Waals surface area contributed by atoms with E-state index in [-0.39, 0.29) is 5.91 Å². The number of nitrogens with two attached hydrogens (primary N) is 1. The summed E-state index contributed by atoms with van der Waals surface area (Å²) in [6, 6.07) is 5.36. The first kappa shape index (κ1) is 13.5. The molecular formula is C15H17N3O3. The molecule has 1 amide bonds. The van der Waals surface area contributed by atoms with Gasteiger partial charge in [0.15, 0.2) is 0 Å². The third kappa shape index (κ3) is 3.16. The molecule has 0 aromatic carbocycles.